The third kappa shape index (κ3) is 3.66. The predicted octanol–water partition coefficient (Wildman–Crippen LogP) is 3.21. The zero-order valence-corrected chi connectivity index (χ0v) is 16.7. The van der Waals surface area contributed by atoms with E-state index >= 15 is 0 Å². The molecule has 150 valence electrons. The zero-order chi connectivity index (χ0) is 19.6. The van der Waals surface area contributed by atoms with E-state index in [1.807, 2.05) is 25.3 Å². The van der Waals surface area contributed by atoms with Crippen LogP contribution in [-0.4, -0.2) is 51.3 Å². The van der Waals surface area contributed by atoms with Crippen LogP contribution in [0.2, 0.25) is 0 Å². The average Bonchev–Trinajstić information content (AvgIpc) is 3.46. The van der Waals surface area contributed by atoms with Crippen molar-refractivity contribution in [1.29, 1.82) is 0 Å². The summed E-state index contributed by atoms with van der Waals surface area (Å²) in [6.07, 6.45) is 10.0. The van der Waals surface area contributed by atoms with Crippen molar-refractivity contribution in [2.45, 2.75) is 38.5 Å². The maximum absolute atomic E-state index is 5.58. The Bertz CT molecular complexity index is 968. The molecule has 5 rings (SSSR count). The molecule has 3 aromatic heterocycles. The number of hydrogen-bond donors (Lipinski definition) is 0. The van der Waals surface area contributed by atoms with Crippen molar-refractivity contribution < 1.29 is 4.52 Å². The van der Waals surface area contributed by atoms with E-state index in [9.17, 15) is 0 Å². The molecular weight excluding hydrogens is 366 g/mol. The van der Waals surface area contributed by atoms with Crippen molar-refractivity contribution in [2.24, 2.45) is 0 Å². The topological polar surface area (TPSA) is 84.1 Å². The van der Waals surface area contributed by atoms with E-state index in [1.165, 1.54) is 12.8 Å². The highest BCUT2D eigenvalue weighted by Crippen LogP contribution is 2.35. The molecule has 0 aliphatic carbocycles. The summed E-state index contributed by atoms with van der Waals surface area (Å²) in [4.78, 5) is 23.1. The van der Waals surface area contributed by atoms with Crippen LogP contribution in [0.5, 0.6) is 0 Å². The summed E-state index contributed by atoms with van der Waals surface area (Å²) in [5.74, 6) is 2.60. The normalized spacial score (nSPS) is 19.7. The minimum absolute atomic E-state index is 0.261. The average molecular weight is 391 g/mol. The SMILES string of the molecule is Cc1cc(-c2cnc(N3CCCC3)nc2C2CCCN(c3ncccn3)C2)on1. The Balaban J connectivity index is 1.51. The summed E-state index contributed by atoms with van der Waals surface area (Å²) in [5, 5.41) is 4.07. The molecule has 3 aromatic rings. The van der Waals surface area contributed by atoms with Gasteiger partial charge in [0, 0.05) is 56.8 Å². The molecule has 0 radical (unpaired) electrons. The van der Waals surface area contributed by atoms with Crippen molar-refractivity contribution in [2.75, 3.05) is 36.0 Å². The van der Waals surface area contributed by atoms with Crippen LogP contribution in [0.3, 0.4) is 0 Å². The molecule has 8 heteroatoms. The Morgan fingerprint density at radius 1 is 0.966 bits per heavy atom. The first-order valence-electron chi connectivity index (χ1n) is 10.4. The molecule has 29 heavy (non-hydrogen) atoms. The first-order valence-corrected chi connectivity index (χ1v) is 10.4. The van der Waals surface area contributed by atoms with Crippen molar-refractivity contribution in [3.05, 3.63) is 42.1 Å². The maximum atomic E-state index is 5.58. The number of nitrogens with zero attached hydrogens (tertiary/aromatic N) is 7. The van der Waals surface area contributed by atoms with Crippen LogP contribution >= 0.6 is 0 Å². The lowest BCUT2D eigenvalue weighted by atomic mass is 9.91. The maximum Gasteiger partial charge on any atom is 0.225 e. The molecule has 0 spiro atoms. The highest BCUT2D eigenvalue weighted by Gasteiger charge is 2.29. The molecule has 0 amide bonds. The third-order valence-electron chi connectivity index (χ3n) is 5.73. The van der Waals surface area contributed by atoms with E-state index in [0.717, 1.165) is 73.6 Å². The Kier molecular flexibility index (Phi) is 4.83. The van der Waals surface area contributed by atoms with Crippen LogP contribution in [0.4, 0.5) is 11.9 Å². The summed E-state index contributed by atoms with van der Waals surface area (Å²) >= 11 is 0. The second-order valence-electron chi connectivity index (χ2n) is 7.83. The first-order chi connectivity index (χ1) is 14.3. The molecule has 1 atom stereocenters. The smallest absolute Gasteiger partial charge is 0.225 e. The lowest BCUT2D eigenvalue weighted by Crippen LogP contribution is -2.36. The Labute approximate surface area is 170 Å². The van der Waals surface area contributed by atoms with Gasteiger partial charge in [-0.05, 0) is 38.7 Å². The van der Waals surface area contributed by atoms with Crippen LogP contribution in [0, 0.1) is 6.92 Å². The van der Waals surface area contributed by atoms with Gasteiger partial charge in [-0.2, -0.15) is 0 Å². The van der Waals surface area contributed by atoms with Gasteiger partial charge in [0.2, 0.25) is 11.9 Å². The lowest BCUT2D eigenvalue weighted by molar-refractivity contribution is 0.425. The van der Waals surface area contributed by atoms with Crippen LogP contribution < -0.4 is 9.80 Å². The van der Waals surface area contributed by atoms with Crippen LogP contribution in [0.25, 0.3) is 11.3 Å². The highest BCUT2D eigenvalue weighted by molar-refractivity contribution is 5.62. The van der Waals surface area contributed by atoms with Crippen molar-refractivity contribution >= 4 is 11.9 Å². The molecule has 0 bridgehead atoms. The summed E-state index contributed by atoms with van der Waals surface area (Å²) in [7, 11) is 0. The van der Waals surface area contributed by atoms with Crippen LogP contribution in [-0.2, 0) is 0 Å². The van der Waals surface area contributed by atoms with Gasteiger partial charge in [0.1, 0.15) is 0 Å². The van der Waals surface area contributed by atoms with Gasteiger partial charge in [-0.3, -0.25) is 0 Å². The first kappa shape index (κ1) is 18.0. The third-order valence-corrected chi connectivity index (χ3v) is 5.73. The Hall–Kier alpha value is -3.03. The molecule has 1 unspecified atom stereocenters. The Morgan fingerprint density at radius 3 is 2.52 bits per heavy atom. The summed E-state index contributed by atoms with van der Waals surface area (Å²) in [6.45, 7) is 5.77. The van der Waals surface area contributed by atoms with Gasteiger partial charge < -0.3 is 14.3 Å². The minimum atomic E-state index is 0.261. The fourth-order valence-corrected chi connectivity index (χ4v) is 4.28. The molecule has 2 saturated heterocycles. The van der Waals surface area contributed by atoms with Gasteiger partial charge in [0.05, 0.1) is 17.0 Å². The highest BCUT2D eigenvalue weighted by atomic mass is 16.5. The van der Waals surface area contributed by atoms with E-state index in [2.05, 4.69) is 29.9 Å². The number of aryl methyl sites for hydroxylation is 1. The molecule has 2 aliphatic heterocycles. The predicted molar refractivity (Wildman–Crippen MR) is 110 cm³/mol. The molecule has 2 fully saturated rings. The number of piperidine rings is 1. The van der Waals surface area contributed by atoms with Gasteiger partial charge in [0.15, 0.2) is 5.76 Å². The van der Waals surface area contributed by atoms with E-state index in [0.29, 0.717) is 0 Å². The largest absolute Gasteiger partial charge is 0.356 e. The number of aromatic nitrogens is 5. The van der Waals surface area contributed by atoms with E-state index in [4.69, 9.17) is 9.51 Å². The van der Waals surface area contributed by atoms with Gasteiger partial charge in [-0.25, -0.2) is 19.9 Å². The van der Waals surface area contributed by atoms with Crippen LogP contribution in [0.1, 0.15) is 43.0 Å². The van der Waals surface area contributed by atoms with Crippen molar-refractivity contribution in [1.82, 2.24) is 25.1 Å². The van der Waals surface area contributed by atoms with Gasteiger partial charge in [-0.15, -0.1) is 0 Å². The van der Waals surface area contributed by atoms with Crippen LogP contribution in [0.15, 0.2) is 35.2 Å². The molecule has 5 heterocycles. The minimum Gasteiger partial charge on any atom is -0.356 e. The summed E-state index contributed by atoms with van der Waals surface area (Å²) in [5.41, 5.74) is 2.84. The number of hydrogen-bond acceptors (Lipinski definition) is 8. The fraction of sp³-hybridized carbons (Fsp3) is 0.476. The second kappa shape index (κ2) is 7.77. The molecule has 0 aromatic carbocycles. The van der Waals surface area contributed by atoms with Gasteiger partial charge in [0.25, 0.3) is 0 Å². The van der Waals surface area contributed by atoms with Gasteiger partial charge in [-0.1, -0.05) is 5.16 Å². The molecule has 0 N–H and O–H groups in total. The quantitative estimate of drug-likeness (QED) is 0.670. The van der Waals surface area contributed by atoms with E-state index in [1.54, 1.807) is 12.4 Å². The molecule has 8 nitrogen and oxygen atoms in total. The Morgan fingerprint density at radius 2 is 1.76 bits per heavy atom. The van der Waals surface area contributed by atoms with E-state index < -0.39 is 0 Å². The van der Waals surface area contributed by atoms with Crippen molar-refractivity contribution in [3.8, 4) is 11.3 Å². The molecule has 2 aliphatic rings. The lowest BCUT2D eigenvalue weighted by Gasteiger charge is -2.33. The van der Waals surface area contributed by atoms with E-state index in [-0.39, 0.29) is 5.92 Å². The molecular formula is C21H25N7O. The van der Waals surface area contributed by atoms with Gasteiger partial charge >= 0.3 is 0 Å². The number of rotatable bonds is 4. The standard InChI is InChI=1S/C21H25N7O/c1-15-12-18(29-26-15)17-13-24-21(27-9-2-3-10-27)25-19(17)16-6-4-11-28(14-16)20-22-7-5-8-23-20/h5,7-8,12-13,16H,2-4,6,9-11,14H2,1H3. The molecule has 0 saturated carbocycles. The second-order valence-corrected chi connectivity index (χ2v) is 7.83. The summed E-state index contributed by atoms with van der Waals surface area (Å²) < 4.78 is 5.58. The van der Waals surface area contributed by atoms with Crippen molar-refractivity contribution in [3.63, 3.8) is 0 Å². The number of anilines is 2. The summed E-state index contributed by atoms with van der Waals surface area (Å²) in [6, 6.07) is 3.81. The monoisotopic (exact) mass is 391 g/mol. The fourth-order valence-electron chi connectivity index (χ4n) is 4.28. The zero-order valence-electron chi connectivity index (χ0n) is 16.7.